The molecule has 0 saturated heterocycles. The van der Waals surface area contributed by atoms with Gasteiger partial charge in [-0.3, -0.25) is 20.2 Å². The Morgan fingerprint density at radius 1 is 0.566 bits per heavy atom. The van der Waals surface area contributed by atoms with Crippen LogP contribution in [0.25, 0.3) is 22.3 Å². The lowest BCUT2D eigenvalue weighted by Gasteiger charge is -2.23. The van der Waals surface area contributed by atoms with Gasteiger partial charge in [-0.1, -0.05) is 58.5 Å². The van der Waals surface area contributed by atoms with Gasteiger partial charge in [0.25, 0.3) is 0 Å². The van der Waals surface area contributed by atoms with E-state index in [-0.39, 0.29) is 94.9 Å². The third kappa shape index (κ3) is 10.6. The van der Waals surface area contributed by atoms with E-state index in [1.54, 1.807) is 52.0 Å². The molecule has 4 rings (SSSR count). The van der Waals surface area contributed by atoms with Gasteiger partial charge in [0, 0.05) is 59.7 Å². The third-order valence-corrected chi connectivity index (χ3v) is 8.44. The van der Waals surface area contributed by atoms with Gasteiger partial charge in [-0.25, -0.2) is 0 Å². The van der Waals surface area contributed by atoms with Gasteiger partial charge in [0.15, 0.2) is 12.6 Å². The number of nitrogens with zero attached hydrogens (tertiary/aromatic N) is 2. The van der Waals surface area contributed by atoms with Crippen molar-refractivity contribution in [2.75, 3.05) is 39.6 Å². The molecule has 0 heterocycles. The molecule has 0 aromatic heterocycles. The molecule has 0 spiro atoms. The lowest BCUT2D eigenvalue weighted by Crippen LogP contribution is -2.25. The Bertz CT molecular complexity index is 1770. The highest BCUT2D eigenvalue weighted by atomic mass is 35.5. The second-order valence-corrected chi connectivity index (χ2v) is 12.4. The summed E-state index contributed by atoms with van der Waals surface area (Å²) >= 11 is 25.9. The molecule has 0 N–H and O–H groups in total. The van der Waals surface area contributed by atoms with E-state index < -0.39 is 33.8 Å². The van der Waals surface area contributed by atoms with Crippen molar-refractivity contribution in [2.45, 2.75) is 40.3 Å². The summed E-state index contributed by atoms with van der Waals surface area (Å²) in [5.41, 5.74) is -0.193. The van der Waals surface area contributed by atoms with Crippen LogP contribution < -0.4 is 14.2 Å². The number of ether oxygens (including phenoxy) is 7. The predicted octanol–water partition coefficient (Wildman–Crippen LogP) is 10.8. The smallest absolute Gasteiger partial charge is 0.311 e. The summed E-state index contributed by atoms with van der Waals surface area (Å²) < 4.78 is 41.2. The minimum Gasteiger partial charge on any atom is -0.481 e. The zero-order valence-electron chi connectivity index (χ0n) is 29.1. The molecular weight excluding hydrogens is 778 g/mol. The van der Waals surface area contributed by atoms with Gasteiger partial charge in [-0.2, -0.15) is 0 Å². The number of nitro benzene ring substituents is 2. The standard InChI is InChI=1S/C36H36Cl4N2O11/c1-5-47-31(48-6-2)19-51-35-27(41(43)44)13-15-29(33(35)23-11-9-21(37)17-25(23)39)53-30-16-14-28(42(45)46)36(52-20-32(49-7-3)50-8-4)34(30)24-12-10-22(38)18-26(24)40/h9-18,31-32H,5-8,19-20H2,1-4H3. The Labute approximate surface area is 325 Å². The van der Waals surface area contributed by atoms with Gasteiger partial charge >= 0.3 is 11.4 Å². The second kappa shape index (κ2) is 20.0. The molecule has 0 fully saturated rings. The van der Waals surface area contributed by atoms with Gasteiger partial charge in [0.2, 0.25) is 11.5 Å². The Morgan fingerprint density at radius 3 is 1.23 bits per heavy atom. The molecule has 0 amide bonds. The van der Waals surface area contributed by atoms with Crippen molar-refractivity contribution < 1.29 is 43.0 Å². The minimum absolute atomic E-state index is 0.00633. The van der Waals surface area contributed by atoms with Crippen LogP contribution in [0, 0.1) is 20.2 Å². The maximum Gasteiger partial charge on any atom is 0.311 e. The van der Waals surface area contributed by atoms with Crippen molar-refractivity contribution in [1.29, 1.82) is 0 Å². The maximum atomic E-state index is 12.4. The average molecular weight is 814 g/mol. The van der Waals surface area contributed by atoms with E-state index in [2.05, 4.69) is 0 Å². The van der Waals surface area contributed by atoms with Crippen molar-refractivity contribution in [3.8, 4) is 45.3 Å². The number of rotatable bonds is 20. The van der Waals surface area contributed by atoms with Crippen LogP contribution in [0.2, 0.25) is 20.1 Å². The zero-order valence-corrected chi connectivity index (χ0v) is 32.1. The van der Waals surface area contributed by atoms with Crippen molar-refractivity contribution in [3.63, 3.8) is 0 Å². The number of halogens is 4. The van der Waals surface area contributed by atoms with Crippen LogP contribution in [-0.4, -0.2) is 62.1 Å². The fraction of sp³-hybridized carbons (Fsp3) is 0.333. The molecule has 0 radical (unpaired) electrons. The molecule has 0 aliphatic heterocycles. The van der Waals surface area contributed by atoms with Crippen LogP contribution in [0.15, 0.2) is 60.7 Å². The largest absolute Gasteiger partial charge is 0.481 e. The van der Waals surface area contributed by atoms with Gasteiger partial charge < -0.3 is 33.2 Å². The molecule has 0 saturated carbocycles. The van der Waals surface area contributed by atoms with Crippen molar-refractivity contribution in [2.24, 2.45) is 0 Å². The van der Waals surface area contributed by atoms with Crippen molar-refractivity contribution in [3.05, 3.63) is 101 Å². The molecule has 4 aromatic rings. The molecular formula is C36H36Cl4N2O11. The van der Waals surface area contributed by atoms with Gasteiger partial charge in [-0.15, -0.1) is 0 Å². The molecule has 0 unspecified atom stereocenters. The van der Waals surface area contributed by atoms with Gasteiger partial charge in [-0.05, 0) is 64.1 Å². The second-order valence-electron chi connectivity index (χ2n) is 10.7. The first kappa shape index (κ1) is 41.8. The predicted molar refractivity (Wildman–Crippen MR) is 202 cm³/mol. The van der Waals surface area contributed by atoms with Crippen LogP contribution in [0.5, 0.6) is 23.0 Å². The Balaban J connectivity index is 2.02. The summed E-state index contributed by atoms with van der Waals surface area (Å²) in [5.74, 6) is -0.428. The number of hydrogen-bond acceptors (Lipinski definition) is 11. The fourth-order valence-corrected chi connectivity index (χ4v) is 6.21. The first-order valence-corrected chi connectivity index (χ1v) is 17.9. The van der Waals surface area contributed by atoms with Crippen LogP contribution in [0.4, 0.5) is 11.4 Å². The highest BCUT2D eigenvalue weighted by Gasteiger charge is 2.31. The SMILES string of the molecule is CCOC(COc1c([N+](=O)[O-])ccc(Oc2ccc([N+](=O)[O-])c(OCC(OCC)OCC)c2-c2ccc(Cl)cc2Cl)c1-c1ccc(Cl)cc1Cl)OCC. The normalized spacial score (nSPS) is 11.3. The zero-order chi connectivity index (χ0) is 38.7. The topological polar surface area (TPSA) is 151 Å². The first-order valence-electron chi connectivity index (χ1n) is 16.4. The minimum atomic E-state index is -0.868. The van der Waals surface area contributed by atoms with E-state index in [1.165, 1.54) is 36.4 Å². The molecule has 53 heavy (non-hydrogen) atoms. The molecule has 284 valence electrons. The van der Waals surface area contributed by atoms with Crippen LogP contribution in [0.3, 0.4) is 0 Å². The summed E-state index contributed by atoms with van der Waals surface area (Å²) in [6.07, 6.45) is -1.74. The Morgan fingerprint density at radius 2 is 0.925 bits per heavy atom. The fourth-order valence-electron chi connectivity index (χ4n) is 5.21. The highest BCUT2D eigenvalue weighted by molar-refractivity contribution is 6.37. The van der Waals surface area contributed by atoms with Crippen molar-refractivity contribution in [1.82, 2.24) is 0 Å². The molecule has 13 nitrogen and oxygen atoms in total. The lowest BCUT2D eigenvalue weighted by molar-refractivity contribution is -0.386. The molecule has 0 aliphatic carbocycles. The van der Waals surface area contributed by atoms with Gasteiger partial charge in [0.1, 0.15) is 24.7 Å². The average Bonchev–Trinajstić information content (AvgIpc) is 3.10. The molecule has 4 aromatic carbocycles. The Kier molecular flexibility index (Phi) is 15.7. The van der Waals surface area contributed by atoms with E-state index in [0.29, 0.717) is 10.0 Å². The molecule has 0 aliphatic rings. The summed E-state index contributed by atoms with van der Waals surface area (Å²) in [5, 5.41) is 25.7. The van der Waals surface area contributed by atoms with E-state index >= 15 is 0 Å². The van der Waals surface area contributed by atoms with Gasteiger partial charge in [0.05, 0.1) is 31.0 Å². The van der Waals surface area contributed by atoms with E-state index in [9.17, 15) is 20.2 Å². The summed E-state index contributed by atoms with van der Waals surface area (Å²) in [6, 6.07) is 14.2. The highest BCUT2D eigenvalue weighted by Crippen LogP contribution is 2.52. The number of nitro groups is 2. The first-order chi connectivity index (χ1) is 25.4. The Hall–Kier alpha value is -3.92. The maximum absolute atomic E-state index is 12.4. The van der Waals surface area contributed by atoms with Crippen LogP contribution in [-0.2, 0) is 18.9 Å². The quantitative estimate of drug-likeness (QED) is 0.0476. The molecule has 0 bridgehead atoms. The lowest BCUT2D eigenvalue weighted by atomic mass is 10.0. The van der Waals surface area contributed by atoms with Crippen LogP contribution in [0.1, 0.15) is 27.7 Å². The number of benzene rings is 4. The number of hydrogen-bond donors (Lipinski definition) is 0. The van der Waals surface area contributed by atoms with E-state index in [4.69, 9.17) is 79.6 Å². The van der Waals surface area contributed by atoms with Crippen LogP contribution >= 0.6 is 46.4 Å². The molecule has 0 atom stereocenters. The van der Waals surface area contributed by atoms with E-state index in [1.807, 2.05) is 0 Å². The summed E-state index contributed by atoms with van der Waals surface area (Å²) in [7, 11) is 0. The van der Waals surface area contributed by atoms with Crippen molar-refractivity contribution >= 4 is 57.8 Å². The molecule has 17 heteroatoms. The van der Waals surface area contributed by atoms with E-state index in [0.717, 1.165) is 0 Å². The summed E-state index contributed by atoms with van der Waals surface area (Å²) in [6.45, 7) is 7.71. The third-order valence-electron chi connectivity index (χ3n) is 7.35. The summed E-state index contributed by atoms with van der Waals surface area (Å²) in [4.78, 5) is 23.6. The monoisotopic (exact) mass is 812 g/mol.